The molecule has 2 N–H and O–H groups in total. The maximum atomic E-state index is 12.3. The summed E-state index contributed by atoms with van der Waals surface area (Å²) in [5.74, 6) is 0.508. The smallest absolute Gasteiger partial charge is 0.406 e. The third-order valence-electron chi connectivity index (χ3n) is 4.26. The Morgan fingerprint density at radius 3 is 2.60 bits per heavy atom. The molecule has 2 nitrogen and oxygen atoms in total. The largest absolute Gasteiger partial charge is 0.573 e. The Hall–Kier alpha value is -1.23. The average Bonchev–Trinajstić information content (AvgIpc) is 2.32. The number of benzene rings is 1. The summed E-state index contributed by atoms with van der Waals surface area (Å²) in [6.45, 7) is 4.19. The van der Waals surface area contributed by atoms with Crippen molar-refractivity contribution in [2.45, 2.75) is 45.0 Å². The number of ether oxygens (including phenoxy) is 1. The van der Waals surface area contributed by atoms with Gasteiger partial charge in [-0.2, -0.15) is 0 Å². The van der Waals surface area contributed by atoms with Crippen LogP contribution >= 0.6 is 0 Å². The maximum absolute atomic E-state index is 12.3. The fourth-order valence-electron chi connectivity index (χ4n) is 3.06. The fourth-order valence-corrected chi connectivity index (χ4v) is 3.06. The zero-order valence-electron chi connectivity index (χ0n) is 11.7. The standard InChI is InChI=1S/C15H20F3NO/c1-10-6-7-11(2)14(19,9-10)12-4-3-5-13(8-12)20-15(16,17)18/h3-5,8,10-11H,6-7,9,19H2,1-2H3. The molecular formula is C15H20F3NO. The van der Waals surface area contributed by atoms with Crippen molar-refractivity contribution in [2.24, 2.45) is 17.6 Å². The first kappa shape index (κ1) is 15.2. The molecule has 0 amide bonds. The van der Waals surface area contributed by atoms with Crippen molar-refractivity contribution in [1.29, 1.82) is 0 Å². The Balaban J connectivity index is 2.29. The number of nitrogens with two attached hydrogens (primary N) is 1. The van der Waals surface area contributed by atoms with E-state index in [1.807, 2.05) is 0 Å². The normalized spacial score (nSPS) is 31.1. The van der Waals surface area contributed by atoms with Crippen LogP contribution in [0, 0.1) is 11.8 Å². The summed E-state index contributed by atoms with van der Waals surface area (Å²) >= 11 is 0. The van der Waals surface area contributed by atoms with E-state index in [2.05, 4.69) is 18.6 Å². The topological polar surface area (TPSA) is 35.2 Å². The minimum absolute atomic E-state index is 0.203. The predicted molar refractivity (Wildman–Crippen MR) is 71.2 cm³/mol. The van der Waals surface area contributed by atoms with Gasteiger partial charge >= 0.3 is 6.36 Å². The molecular weight excluding hydrogens is 267 g/mol. The molecule has 112 valence electrons. The molecule has 2 rings (SSSR count). The monoisotopic (exact) mass is 287 g/mol. The van der Waals surface area contributed by atoms with Crippen molar-refractivity contribution in [3.05, 3.63) is 29.8 Å². The highest BCUT2D eigenvalue weighted by Gasteiger charge is 2.39. The van der Waals surface area contributed by atoms with Crippen molar-refractivity contribution in [3.63, 3.8) is 0 Å². The number of halogens is 3. The van der Waals surface area contributed by atoms with E-state index in [1.54, 1.807) is 12.1 Å². The number of hydrogen-bond acceptors (Lipinski definition) is 2. The van der Waals surface area contributed by atoms with E-state index in [-0.39, 0.29) is 11.7 Å². The van der Waals surface area contributed by atoms with Crippen LogP contribution in [0.3, 0.4) is 0 Å². The summed E-state index contributed by atoms with van der Waals surface area (Å²) in [4.78, 5) is 0. The zero-order chi connectivity index (χ0) is 15.0. The Morgan fingerprint density at radius 2 is 1.95 bits per heavy atom. The first-order chi connectivity index (χ1) is 9.21. The third-order valence-corrected chi connectivity index (χ3v) is 4.26. The minimum atomic E-state index is -4.67. The van der Waals surface area contributed by atoms with Crippen molar-refractivity contribution < 1.29 is 17.9 Å². The second kappa shape index (κ2) is 5.28. The molecule has 20 heavy (non-hydrogen) atoms. The first-order valence-electron chi connectivity index (χ1n) is 6.86. The Bertz CT molecular complexity index is 474. The molecule has 1 aromatic rings. The molecule has 0 heterocycles. The minimum Gasteiger partial charge on any atom is -0.406 e. The number of hydrogen-bond donors (Lipinski definition) is 1. The van der Waals surface area contributed by atoms with Crippen LogP contribution < -0.4 is 10.5 Å². The lowest BCUT2D eigenvalue weighted by Gasteiger charge is -2.42. The second-order valence-electron chi connectivity index (χ2n) is 5.90. The van der Waals surface area contributed by atoms with Crippen LogP contribution in [0.25, 0.3) is 0 Å². The molecule has 1 fully saturated rings. The summed E-state index contributed by atoms with van der Waals surface area (Å²) in [7, 11) is 0. The molecule has 1 aliphatic rings. The van der Waals surface area contributed by atoms with E-state index in [9.17, 15) is 13.2 Å². The summed E-state index contributed by atoms with van der Waals surface area (Å²) in [6.07, 6.45) is -1.80. The van der Waals surface area contributed by atoms with Gasteiger partial charge in [0.2, 0.25) is 0 Å². The second-order valence-corrected chi connectivity index (χ2v) is 5.90. The summed E-state index contributed by atoms with van der Waals surface area (Å²) in [5, 5.41) is 0. The van der Waals surface area contributed by atoms with Crippen LogP contribution in [0.5, 0.6) is 5.75 Å². The third kappa shape index (κ3) is 3.26. The van der Waals surface area contributed by atoms with Crippen LogP contribution in [0.15, 0.2) is 24.3 Å². The van der Waals surface area contributed by atoms with Gasteiger partial charge in [0.1, 0.15) is 5.75 Å². The van der Waals surface area contributed by atoms with Gasteiger partial charge in [0.15, 0.2) is 0 Å². The fraction of sp³-hybridized carbons (Fsp3) is 0.600. The predicted octanol–water partition coefficient (Wildman–Crippen LogP) is 4.20. The van der Waals surface area contributed by atoms with Crippen LogP contribution in [0.4, 0.5) is 13.2 Å². The molecule has 1 saturated carbocycles. The molecule has 0 radical (unpaired) electrons. The highest BCUT2D eigenvalue weighted by atomic mass is 19.4. The van der Waals surface area contributed by atoms with Crippen molar-refractivity contribution in [3.8, 4) is 5.75 Å². The Kier molecular flexibility index (Phi) is 4.00. The molecule has 3 atom stereocenters. The van der Waals surface area contributed by atoms with Crippen LogP contribution in [0.1, 0.15) is 38.7 Å². The molecule has 0 spiro atoms. The molecule has 5 heteroatoms. The quantitative estimate of drug-likeness (QED) is 0.885. The van der Waals surface area contributed by atoms with Crippen LogP contribution in [-0.2, 0) is 5.54 Å². The van der Waals surface area contributed by atoms with Crippen molar-refractivity contribution in [2.75, 3.05) is 0 Å². The van der Waals surface area contributed by atoms with E-state index >= 15 is 0 Å². The van der Waals surface area contributed by atoms with Crippen LogP contribution in [0.2, 0.25) is 0 Å². The van der Waals surface area contributed by atoms with Gasteiger partial charge in [-0.3, -0.25) is 0 Å². The highest BCUT2D eigenvalue weighted by molar-refractivity contribution is 5.34. The first-order valence-corrected chi connectivity index (χ1v) is 6.86. The molecule has 0 aliphatic heterocycles. The van der Waals surface area contributed by atoms with Gasteiger partial charge in [0, 0.05) is 5.54 Å². The van der Waals surface area contributed by atoms with E-state index < -0.39 is 11.9 Å². The van der Waals surface area contributed by atoms with E-state index in [1.165, 1.54) is 12.1 Å². The summed E-state index contributed by atoms with van der Waals surface area (Å²) in [5.41, 5.74) is 6.65. The molecule has 0 aromatic heterocycles. The van der Waals surface area contributed by atoms with Gasteiger partial charge in [-0.05, 0) is 42.4 Å². The lowest BCUT2D eigenvalue weighted by molar-refractivity contribution is -0.274. The average molecular weight is 287 g/mol. The molecule has 0 saturated heterocycles. The SMILES string of the molecule is CC1CCC(C)C(N)(c2cccc(OC(F)(F)F)c2)C1. The molecule has 3 unspecified atom stereocenters. The lowest BCUT2D eigenvalue weighted by Crippen LogP contribution is -2.47. The molecule has 0 bridgehead atoms. The molecule has 1 aliphatic carbocycles. The van der Waals surface area contributed by atoms with Gasteiger partial charge in [-0.25, -0.2) is 0 Å². The van der Waals surface area contributed by atoms with Crippen molar-refractivity contribution >= 4 is 0 Å². The lowest BCUT2D eigenvalue weighted by atomic mass is 9.67. The zero-order valence-corrected chi connectivity index (χ0v) is 11.7. The van der Waals surface area contributed by atoms with E-state index in [0.29, 0.717) is 5.92 Å². The van der Waals surface area contributed by atoms with E-state index in [0.717, 1.165) is 24.8 Å². The summed E-state index contributed by atoms with van der Waals surface area (Å²) < 4.78 is 40.9. The van der Waals surface area contributed by atoms with Gasteiger partial charge in [-0.1, -0.05) is 32.4 Å². The van der Waals surface area contributed by atoms with E-state index in [4.69, 9.17) is 5.73 Å². The summed E-state index contributed by atoms with van der Waals surface area (Å²) in [6, 6.07) is 6.08. The number of alkyl halides is 3. The van der Waals surface area contributed by atoms with Crippen LogP contribution in [-0.4, -0.2) is 6.36 Å². The Morgan fingerprint density at radius 1 is 1.25 bits per heavy atom. The highest BCUT2D eigenvalue weighted by Crippen LogP contribution is 2.42. The Labute approximate surface area is 117 Å². The maximum Gasteiger partial charge on any atom is 0.573 e. The van der Waals surface area contributed by atoms with Gasteiger partial charge in [0.25, 0.3) is 0 Å². The number of rotatable bonds is 2. The van der Waals surface area contributed by atoms with Gasteiger partial charge < -0.3 is 10.5 Å². The van der Waals surface area contributed by atoms with Gasteiger partial charge in [-0.15, -0.1) is 13.2 Å². The van der Waals surface area contributed by atoms with Gasteiger partial charge in [0.05, 0.1) is 0 Å². The van der Waals surface area contributed by atoms with Crippen molar-refractivity contribution in [1.82, 2.24) is 0 Å². The molecule has 1 aromatic carbocycles.